The fourth-order valence-electron chi connectivity index (χ4n) is 3.16. The molecule has 0 fully saturated rings. The highest BCUT2D eigenvalue weighted by Crippen LogP contribution is 2.42. The summed E-state index contributed by atoms with van der Waals surface area (Å²) in [7, 11) is 0. The minimum atomic E-state index is -0.441. The summed E-state index contributed by atoms with van der Waals surface area (Å²) in [5.74, 6) is 1.28. The lowest BCUT2D eigenvalue weighted by atomic mass is 9.82. The number of ketones is 1. The van der Waals surface area contributed by atoms with Crippen LogP contribution in [0.15, 0.2) is 54.7 Å². The molecular formula is C28H36O3S. The van der Waals surface area contributed by atoms with Crippen LogP contribution in [-0.2, 0) is 10.2 Å². The second-order valence-electron chi connectivity index (χ2n) is 10.6. The molecule has 0 bridgehead atoms. The molecule has 1 aliphatic rings. The molecule has 0 radical (unpaired) electrons. The maximum Gasteiger partial charge on any atom is 0.185 e. The lowest BCUT2D eigenvalue weighted by molar-refractivity contribution is -0.111. The Morgan fingerprint density at radius 2 is 1.62 bits per heavy atom. The third-order valence-corrected chi connectivity index (χ3v) is 5.15. The molecule has 0 spiro atoms. The Morgan fingerprint density at radius 3 is 2.12 bits per heavy atom. The van der Waals surface area contributed by atoms with Crippen LogP contribution in [0.5, 0.6) is 11.5 Å². The number of allylic oxidation sites excluding steroid dienone is 6. The van der Waals surface area contributed by atoms with Crippen molar-refractivity contribution in [3.8, 4) is 11.5 Å². The molecule has 0 unspecified atom stereocenters. The van der Waals surface area contributed by atoms with E-state index >= 15 is 0 Å². The first-order chi connectivity index (χ1) is 14.6. The first-order valence-electron chi connectivity index (χ1n) is 11.0. The summed E-state index contributed by atoms with van der Waals surface area (Å²) < 4.78 is 12.7. The van der Waals surface area contributed by atoms with E-state index in [1.165, 1.54) is 0 Å². The Balaban J connectivity index is 2.67. The van der Waals surface area contributed by atoms with Gasteiger partial charge in [0.25, 0.3) is 0 Å². The van der Waals surface area contributed by atoms with Crippen molar-refractivity contribution in [2.24, 2.45) is 0 Å². The number of ether oxygens (including phenoxy) is 2. The zero-order valence-electron chi connectivity index (χ0n) is 20.7. The molecule has 1 aromatic rings. The lowest BCUT2D eigenvalue weighted by Gasteiger charge is -2.32. The van der Waals surface area contributed by atoms with E-state index < -0.39 is 11.2 Å². The van der Waals surface area contributed by atoms with Crippen molar-refractivity contribution in [1.29, 1.82) is 0 Å². The molecule has 0 atom stereocenters. The molecule has 0 heterocycles. The van der Waals surface area contributed by atoms with Gasteiger partial charge >= 0.3 is 0 Å². The van der Waals surface area contributed by atoms with E-state index in [2.05, 4.69) is 20.4 Å². The predicted molar refractivity (Wildman–Crippen MR) is 139 cm³/mol. The smallest absolute Gasteiger partial charge is 0.185 e. The molecule has 0 aliphatic heterocycles. The van der Waals surface area contributed by atoms with Crippen LogP contribution in [0.4, 0.5) is 0 Å². The van der Waals surface area contributed by atoms with Crippen LogP contribution in [0.3, 0.4) is 0 Å². The molecule has 3 nitrogen and oxygen atoms in total. The highest BCUT2D eigenvalue weighted by atomic mass is 32.1. The average molecular weight is 453 g/mol. The number of carbonyl (C=O) groups is 1. The fraction of sp³-hybridized carbons (Fsp3) is 0.429. The number of hydrogen-bond acceptors (Lipinski definition) is 4. The Morgan fingerprint density at radius 1 is 1.00 bits per heavy atom. The molecule has 32 heavy (non-hydrogen) atoms. The number of benzene rings is 1. The van der Waals surface area contributed by atoms with Crippen LogP contribution in [0.1, 0.15) is 72.9 Å². The van der Waals surface area contributed by atoms with E-state index in [1.807, 2.05) is 71.9 Å². The maximum absolute atomic E-state index is 12.9. The van der Waals surface area contributed by atoms with Crippen LogP contribution >= 0.6 is 12.2 Å². The molecule has 4 heteroatoms. The first-order valence-corrected chi connectivity index (χ1v) is 11.4. The largest absolute Gasteiger partial charge is 0.487 e. The van der Waals surface area contributed by atoms with Crippen molar-refractivity contribution >= 4 is 28.9 Å². The lowest BCUT2D eigenvalue weighted by Crippen LogP contribution is -2.27. The summed E-state index contributed by atoms with van der Waals surface area (Å²) >= 11 is 5.18. The van der Waals surface area contributed by atoms with Crippen molar-refractivity contribution in [2.45, 2.75) is 78.4 Å². The zero-order valence-corrected chi connectivity index (χ0v) is 21.5. The molecular weight excluding hydrogens is 416 g/mol. The van der Waals surface area contributed by atoms with Crippen molar-refractivity contribution in [2.75, 3.05) is 0 Å². The molecule has 2 rings (SSSR count). The van der Waals surface area contributed by atoms with Gasteiger partial charge in [-0.2, -0.15) is 0 Å². The summed E-state index contributed by atoms with van der Waals surface area (Å²) in [5.41, 5.74) is 1.17. The van der Waals surface area contributed by atoms with Gasteiger partial charge in [0.05, 0.1) is 5.56 Å². The fourth-order valence-corrected chi connectivity index (χ4v) is 3.31. The van der Waals surface area contributed by atoms with Gasteiger partial charge in [-0.3, -0.25) is 4.79 Å². The third kappa shape index (κ3) is 7.03. The summed E-state index contributed by atoms with van der Waals surface area (Å²) in [6.07, 6.45) is 11.3. The van der Waals surface area contributed by atoms with Gasteiger partial charge in [0.15, 0.2) is 5.78 Å². The minimum absolute atomic E-state index is 0.0828. The van der Waals surface area contributed by atoms with Gasteiger partial charge in [0.1, 0.15) is 22.7 Å². The number of rotatable bonds is 7. The van der Waals surface area contributed by atoms with Crippen LogP contribution in [-0.4, -0.2) is 21.8 Å². The topological polar surface area (TPSA) is 35.5 Å². The van der Waals surface area contributed by atoms with E-state index in [0.717, 1.165) is 16.0 Å². The van der Waals surface area contributed by atoms with E-state index in [9.17, 15) is 4.79 Å². The van der Waals surface area contributed by atoms with Gasteiger partial charge in [0, 0.05) is 27.8 Å². The second kappa shape index (κ2) is 9.58. The molecule has 1 aliphatic carbocycles. The number of thiocarbonyl (C=S) groups is 1. The SMILES string of the molecule is C=CC(C)(C)c1ccc(OC(C)(C)C)c(C=CC(=O)C2=CCC(=S)C=C2)c1OC(C)(C)C. The molecule has 0 saturated heterocycles. The molecule has 0 saturated carbocycles. The summed E-state index contributed by atoms with van der Waals surface area (Å²) in [4.78, 5) is 13.7. The van der Waals surface area contributed by atoms with Crippen LogP contribution < -0.4 is 9.47 Å². The van der Waals surface area contributed by atoms with Gasteiger partial charge in [-0.15, -0.1) is 6.58 Å². The number of hydrogen-bond donors (Lipinski definition) is 0. The second-order valence-corrected chi connectivity index (χ2v) is 11.1. The standard InChI is InChI=1S/C28H36O3S/c1-10-28(8,9)22-16-18-24(30-26(2,3)4)21(25(22)31-27(5,6)7)15-17-23(29)19-11-13-20(32)14-12-19/h10-13,15-18H,1,14H2,2-9H3. The Labute approximate surface area is 198 Å². The summed E-state index contributed by atoms with van der Waals surface area (Å²) in [6.45, 7) is 20.2. The minimum Gasteiger partial charge on any atom is -0.487 e. The Kier molecular flexibility index (Phi) is 7.72. The number of carbonyl (C=O) groups excluding carboxylic acids is 1. The Hall–Kier alpha value is -2.46. The molecule has 0 amide bonds. The van der Waals surface area contributed by atoms with E-state index in [1.54, 1.807) is 18.2 Å². The maximum atomic E-state index is 12.9. The Bertz CT molecular complexity index is 993. The molecule has 0 aromatic heterocycles. The van der Waals surface area contributed by atoms with Gasteiger partial charge in [-0.25, -0.2) is 0 Å². The van der Waals surface area contributed by atoms with Gasteiger partial charge in [-0.05, 0) is 65.8 Å². The monoisotopic (exact) mass is 452 g/mol. The molecule has 1 aromatic carbocycles. The van der Waals surface area contributed by atoms with E-state index in [4.69, 9.17) is 21.7 Å². The third-order valence-electron chi connectivity index (χ3n) is 4.84. The van der Waals surface area contributed by atoms with Crippen LogP contribution in [0.25, 0.3) is 6.08 Å². The van der Waals surface area contributed by atoms with E-state index in [-0.39, 0.29) is 11.2 Å². The van der Waals surface area contributed by atoms with Crippen molar-refractivity contribution in [1.82, 2.24) is 0 Å². The zero-order chi connectivity index (χ0) is 24.3. The molecule has 0 N–H and O–H groups in total. The average Bonchev–Trinajstić information content (AvgIpc) is 2.65. The molecule has 172 valence electrons. The van der Waals surface area contributed by atoms with E-state index in [0.29, 0.717) is 23.5 Å². The summed E-state index contributed by atoms with van der Waals surface area (Å²) in [5, 5.41) is 0. The van der Waals surface area contributed by atoms with Crippen molar-refractivity contribution in [3.05, 3.63) is 65.8 Å². The highest BCUT2D eigenvalue weighted by Gasteiger charge is 2.28. The predicted octanol–water partition coefficient (Wildman–Crippen LogP) is 7.34. The first kappa shape index (κ1) is 25.8. The van der Waals surface area contributed by atoms with Gasteiger partial charge in [0.2, 0.25) is 0 Å². The highest BCUT2D eigenvalue weighted by molar-refractivity contribution is 7.80. The summed E-state index contributed by atoms with van der Waals surface area (Å²) in [6, 6.07) is 3.97. The van der Waals surface area contributed by atoms with Crippen LogP contribution in [0.2, 0.25) is 0 Å². The quantitative estimate of drug-likeness (QED) is 0.246. The van der Waals surface area contributed by atoms with Gasteiger partial charge in [-0.1, -0.05) is 50.4 Å². The van der Waals surface area contributed by atoms with Crippen molar-refractivity contribution in [3.63, 3.8) is 0 Å². The van der Waals surface area contributed by atoms with Crippen molar-refractivity contribution < 1.29 is 14.3 Å². The van der Waals surface area contributed by atoms with Crippen LogP contribution in [0, 0.1) is 0 Å². The normalized spacial score (nSPS) is 15.0. The van der Waals surface area contributed by atoms with Gasteiger partial charge < -0.3 is 9.47 Å².